The van der Waals surface area contributed by atoms with Crippen LogP contribution in [0.4, 0.5) is 18.9 Å². The van der Waals surface area contributed by atoms with Gasteiger partial charge in [0.2, 0.25) is 0 Å². The highest BCUT2D eigenvalue weighted by atomic mass is 35.5. The van der Waals surface area contributed by atoms with E-state index in [1.807, 2.05) is 0 Å². The van der Waals surface area contributed by atoms with E-state index in [0.29, 0.717) is 0 Å². The number of carbonyl (C=O) groups excluding carboxylic acids is 1. The largest absolute Gasteiger partial charge is 0.516 e. The predicted molar refractivity (Wildman–Crippen MR) is 69.2 cm³/mol. The van der Waals surface area contributed by atoms with Gasteiger partial charge >= 0.3 is 15.5 Å². The zero-order chi connectivity index (χ0) is 15.7. The Labute approximate surface area is 119 Å². The summed E-state index contributed by atoms with van der Waals surface area (Å²) in [5.74, 6) is -0.725. The quantitative estimate of drug-likeness (QED) is 0.861. The van der Waals surface area contributed by atoms with Gasteiger partial charge in [0.1, 0.15) is 0 Å². The van der Waals surface area contributed by atoms with Crippen molar-refractivity contribution in [2.45, 2.75) is 19.4 Å². The third-order valence-electron chi connectivity index (χ3n) is 2.32. The van der Waals surface area contributed by atoms with Crippen molar-refractivity contribution in [1.82, 2.24) is 0 Å². The Morgan fingerprint density at radius 2 is 1.85 bits per heavy atom. The van der Waals surface area contributed by atoms with E-state index >= 15 is 0 Å². The number of Topliss-reactive ketones (excluding diaryl/α,β-unsaturated/α-hetero) is 1. The average molecular weight is 330 g/mol. The van der Waals surface area contributed by atoms with Gasteiger partial charge in [-0.15, -0.1) is 0 Å². The monoisotopic (exact) mass is 329 g/mol. The number of hydrogen-bond acceptors (Lipinski definition) is 3. The van der Waals surface area contributed by atoms with Crippen LogP contribution >= 0.6 is 11.6 Å². The predicted octanol–water partition coefficient (Wildman–Crippen LogP) is 3.44. The van der Waals surface area contributed by atoms with Gasteiger partial charge in [0.15, 0.2) is 5.78 Å². The molecule has 0 amide bonds. The fourth-order valence-corrected chi connectivity index (χ4v) is 2.09. The van der Waals surface area contributed by atoms with E-state index in [9.17, 15) is 26.4 Å². The van der Waals surface area contributed by atoms with Crippen LogP contribution in [0, 0.1) is 5.92 Å². The molecule has 112 valence electrons. The zero-order valence-corrected chi connectivity index (χ0v) is 12.0. The molecule has 0 fully saturated rings. The fraction of sp³-hybridized carbons (Fsp3) is 0.364. The highest BCUT2D eigenvalue weighted by Crippen LogP contribution is 2.30. The summed E-state index contributed by atoms with van der Waals surface area (Å²) in [5.41, 5.74) is -5.88. The van der Waals surface area contributed by atoms with Crippen LogP contribution in [0.1, 0.15) is 24.2 Å². The normalized spacial score (nSPS) is 12.6. The maximum atomic E-state index is 12.3. The minimum absolute atomic E-state index is 0.0734. The van der Waals surface area contributed by atoms with Gasteiger partial charge in [-0.05, 0) is 18.2 Å². The van der Waals surface area contributed by atoms with Crippen LogP contribution in [0.25, 0.3) is 0 Å². The van der Waals surface area contributed by atoms with Crippen LogP contribution < -0.4 is 4.72 Å². The van der Waals surface area contributed by atoms with Crippen LogP contribution in [0.15, 0.2) is 18.2 Å². The molecule has 1 rings (SSSR count). The van der Waals surface area contributed by atoms with Crippen LogP contribution in [0.3, 0.4) is 0 Å². The molecule has 0 heterocycles. The molecular weight excluding hydrogens is 319 g/mol. The summed E-state index contributed by atoms with van der Waals surface area (Å²) in [6.07, 6.45) is 0. The first-order valence-electron chi connectivity index (χ1n) is 5.38. The van der Waals surface area contributed by atoms with Gasteiger partial charge in [0.25, 0.3) is 0 Å². The first kappa shape index (κ1) is 16.8. The molecule has 0 radical (unpaired) electrons. The van der Waals surface area contributed by atoms with E-state index in [1.165, 1.54) is 10.8 Å². The lowest BCUT2D eigenvalue weighted by molar-refractivity contribution is -0.0429. The first-order chi connectivity index (χ1) is 8.95. The fourth-order valence-electron chi connectivity index (χ4n) is 1.29. The number of halogens is 4. The molecule has 0 aliphatic heterocycles. The molecule has 20 heavy (non-hydrogen) atoms. The molecule has 0 aromatic heterocycles. The summed E-state index contributed by atoms with van der Waals surface area (Å²) in [5, 5.41) is -0.238. The Hall–Kier alpha value is -1.28. The number of sulfonamides is 1. The summed E-state index contributed by atoms with van der Waals surface area (Å²) in [6, 6.07) is 3.45. The molecule has 1 N–H and O–H groups in total. The number of benzene rings is 1. The molecule has 9 heteroatoms. The minimum atomic E-state index is -5.58. The lowest BCUT2D eigenvalue weighted by atomic mass is 10.0. The van der Waals surface area contributed by atoms with Crippen molar-refractivity contribution >= 4 is 33.1 Å². The van der Waals surface area contributed by atoms with Crippen molar-refractivity contribution in [2.75, 3.05) is 4.72 Å². The summed E-state index contributed by atoms with van der Waals surface area (Å²) >= 11 is 5.63. The molecule has 0 bridgehead atoms. The van der Waals surface area contributed by atoms with Gasteiger partial charge in [-0.25, -0.2) is 0 Å². The third-order valence-corrected chi connectivity index (χ3v) is 3.75. The molecule has 1 aromatic carbocycles. The second kappa shape index (κ2) is 5.61. The molecule has 0 saturated carbocycles. The summed E-state index contributed by atoms with van der Waals surface area (Å²) in [4.78, 5) is 11.7. The SMILES string of the molecule is CC(C)C(=O)c1ccc(Cl)c(NS(=O)(=O)C(F)(F)F)c1. The van der Waals surface area contributed by atoms with Crippen molar-refractivity contribution in [3.8, 4) is 0 Å². The third kappa shape index (κ3) is 3.63. The number of carbonyl (C=O) groups is 1. The number of hydrogen-bond donors (Lipinski definition) is 1. The Morgan fingerprint density at radius 3 is 2.30 bits per heavy atom. The Bertz CT molecular complexity index is 626. The van der Waals surface area contributed by atoms with Gasteiger partial charge in [0, 0.05) is 11.5 Å². The summed E-state index contributed by atoms with van der Waals surface area (Å²) in [6.45, 7) is 3.22. The van der Waals surface area contributed by atoms with Gasteiger partial charge in [-0.3, -0.25) is 9.52 Å². The van der Waals surface area contributed by atoms with Crippen LogP contribution in [0.5, 0.6) is 0 Å². The van der Waals surface area contributed by atoms with Crippen molar-refractivity contribution in [3.05, 3.63) is 28.8 Å². The highest BCUT2D eigenvalue weighted by Gasteiger charge is 2.46. The van der Waals surface area contributed by atoms with E-state index < -0.39 is 21.2 Å². The highest BCUT2D eigenvalue weighted by molar-refractivity contribution is 7.93. The second-order valence-electron chi connectivity index (χ2n) is 4.26. The van der Waals surface area contributed by atoms with E-state index in [4.69, 9.17) is 11.6 Å². The summed E-state index contributed by atoms with van der Waals surface area (Å²) < 4.78 is 60.2. The standard InChI is InChI=1S/C11H11ClF3NO3S/c1-6(2)10(17)7-3-4-8(12)9(5-7)16-20(18,19)11(13,14)15/h3-6,16H,1-2H3. The number of alkyl halides is 3. The van der Waals surface area contributed by atoms with Gasteiger partial charge < -0.3 is 0 Å². The molecule has 0 saturated heterocycles. The zero-order valence-electron chi connectivity index (χ0n) is 10.5. The number of nitrogens with one attached hydrogen (secondary N) is 1. The minimum Gasteiger partial charge on any atom is -0.294 e. The van der Waals surface area contributed by atoms with Crippen LogP contribution in [-0.2, 0) is 10.0 Å². The lowest BCUT2D eigenvalue weighted by Gasteiger charge is -2.13. The van der Waals surface area contributed by atoms with Crippen LogP contribution in [-0.4, -0.2) is 19.7 Å². The first-order valence-corrected chi connectivity index (χ1v) is 7.24. The maximum Gasteiger partial charge on any atom is 0.516 e. The van der Waals surface area contributed by atoms with E-state index in [0.717, 1.165) is 12.1 Å². The van der Waals surface area contributed by atoms with E-state index in [1.54, 1.807) is 13.8 Å². The summed E-state index contributed by atoms with van der Waals surface area (Å²) in [7, 11) is -5.58. The van der Waals surface area contributed by atoms with E-state index in [-0.39, 0.29) is 22.3 Å². The number of rotatable bonds is 4. The average Bonchev–Trinajstić information content (AvgIpc) is 2.29. The van der Waals surface area contributed by atoms with Crippen molar-refractivity contribution in [2.24, 2.45) is 5.92 Å². The molecular formula is C11H11ClF3NO3S. The van der Waals surface area contributed by atoms with Crippen LogP contribution in [0.2, 0.25) is 5.02 Å². The molecule has 0 aliphatic carbocycles. The molecule has 0 unspecified atom stereocenters. The van der Waals surface area contributed by atoms with Crippen molar-refractivity contribution in [1.29, 1.82) is 0 Å². The maximum absolute atomic E-state index is 12.3. The topological polar surface area (TPSA) is 63.2 Å². The van der Waals surface area contributed by atoms with Crippen molar-refractivity contribution in [3.63, 3.8) is 0 Å². The Balaban J connectivity index is 3.21. The van der Waals surface area contributed by atoms with Crippen molar-refractivity contribution < 1.29 is 26.4 Å². The van der Waals surface area contributed by atoms with E-state index in [2.05, 4.69) is 0 Å². The van der Waals surface area contributed by atoms with Gasteiger partial charge in [0.05, 0.1) is 10.7 Å². The van der Waals surface area contributed by atoms with Gasteiger partial charge in [-0.2, -0.15) is 21.6 Å². The smallest absolute Gasteiger partial charge is 0.294 e. The Morgan fingerprint density at radius 1 is 1.30 bits per heavy atom. The van der Waals surface area contributed by atoms with Gasteiger partial charge in [-0.1, -0.05) is 25.4 Å². The molecule has 0 aliphatic rings. The molecule has 4 nitrogen and oxygen atoms in total. The molecule has 1 aromatic rings. The Kier molecular flexibility index (Phi) is 4.70. The molecule has 0 atom stereocenters. The lowest BCUT2D eigenvalue weighted by Crippen LogP contribution is -2.30. The second-order valence-corrected chi connectivity index (χ2v) is 6.35. The number of anilines is 1. The molecule has 0 spiro atoms. The number of ketones is 1.